The second-order valence-electron chi connectivity index (χ2n) is 4.07. The van der Waals surface area contributed by atoms with E-state index in [1.807, 2.05) is 14.1 Å². The summed E-state index contributed by atoms with van der Waals surface area (Å²) in [6, 6.07) is 0. The highest BCUT2D eigenvalue weighted by Crippen LogP contribution is 1.90. The Morgan fingerprint density at radius 2 is 1.05 bits per heavy atom. The Balaban J connectivity index is -0.000000206. The number of hydrogen-bond donors (Lipinski definition) is 4. The van der Waals surface area contributed by atoms with Crippen LogP contribution in [0, 0.1) is 0 Å². The number of unbranched alkanes of at least 4 members (excludes halogenated alkanes) is 4. The Bertz CT molecular complexity index is 208. The van der Waals surface area contributed by atoms with Crippen LogP contribution in [0.5, 0.6) is 0 Å². The van der Waals surface area contributed by atoms with Crippen LogP contribution in [-0.4, -0.2) is 44.7 Å². The van der Waals surface area contributed by atoms with Crippen molar-refractivity contribution in [2.75, 3.05) is 27.2 Å². The van der Waals surface area contributed by atoms with Gasteiger partial charge in [-0.3, -0.25) is 9.11 Å². The Kier molecular flexibility index (Phi) is 25.3. The minimum absolute atomic E-state index is 1.17. The highest BCUT2D eigenvalue weighted by molar-refractivity contribution is 7.79. The summed E-state index contributed by atoms with van der Waals surface area (Å²) in [5.74, 6) is 0. The Labute approximate surface area is 118 Å². The van der Waals surface area contributed by atoms with Crippen molar-refractivity contribution in [1.29, 1.82) is 0 Å². The smallest absolute Gasteiger partial charge is 0.320 e. The zero-order valence-electron chi connectivity index (χ0n) is 12.8. The molecule has 19 heavy (non-hydrogen) atoms. The van der Waals surface area contributed by atoms with Crippen molar-refractivity contribution in [2.24, 2.45) is 0 Å². The van der Waals surface area contributed by atoms with E-state index in [1.165, 1.54) is 51.6 Å². The molecule has 0 aliphatic rings. The monoisotopic (exact) mass is 300 g/mol. The van der Waals surface area contributed by atoms with Crippen LogP contribution >= 0.6 is 0 Å². The van der Waals surface area contributed by atoms with Crippen LogP contribution in [0.4, 0.5) is 0 Å². The molecule has 0 aromatic carbocycles. The third kappa shape index (κ3) is 73.1. The van der Waals surface area contributed by atoms with E-state index in [2.05, 4.69) is 24.5 Å². The lowest BCUT2D eigenvalue weighted by atomic mass is 10.2. The molecule has 7 heteroatoms. The molecule has 0 amide bonds. The van der Waals surface area contributed by atoms with Gasteiger partial charge in [0.15, 0.2) is 0 Å². The van der Waals surface area contributed by atoms with Gasteiger partial charge in [-0.2, -0.15) is 8.42 Å². The molecule has 0 saturated carbocycles. The largest absolute Gasteiger partial charge is 0.394 e. The molecule has 0 heterocycles. The molecule has 120 valence electrons. The van der Waals surface area contributed by atoms with Crippen molar-refractivity contribution < 1.29 is 17.5 Å². The van der Waals surface area contributed by atoms with Gasteiger partial charge in [0, 0.05) is 0 Å². The van der Waals surface area contributed by atoms with Gasteiger partial charge in [-0.1, -0.05) is 39.5 Å². The third-order valence-corrected chi connectivity index (χ3v) is 2.06. The summed E-state index contributed by atoms with van der Waals surface area (Å²) in [6.45, 7) is 6.78. The molecule has 0 bridgehead atoms. The quantitative estimate of drug-likeness (QED) is 0.405. The average Bonchev–Trinajstić information content (AvgIpc) is 2.29. The molecule has 0 rings (SSSR count). The minimum Gasteiger partial charge on any atom is -0.320 e. The standard InChI is InChI=1S/2C6H15N.H2O4S/c2*1-3-4-5-6-7-2;1-5(2,3)4/h2*7H,3-6H2,1-2H3;(H2,1,2,3,4). The molecule has 0 aliphatic carbocycles. The lowest BCUT2D eigenvalue weighted by molar-refractivity contribution is 0.381. The Morgan fingerprint density at radius 1 is 0.789 bits per heavy atom. The van der Waals surface area contributed by atoms with Crippen LogP contribution in [0.1, 0.15) is 52.4 Å². The summed E-state index contributed by atoms with van der Waals surface area (Å²) in [5, 5.41) is 6.20. The van der Waals surface area contributed by atoms with Crippen molar-refractivity contribution in [2.45, 2.75) is 52.4 Å². The van der Waals surface area contributed by atoms with Gasteiger partial charge in [-0.15, -0.1) is 0 Å². The summed E-state index contributed by atoms with van der Waals surface area (Å²) in [4.78, 5) is 0. The lowest BCUT2D eigenvalue weighted by Gasteiger charge is -1.93. The van der Waals surface area contributed by atoms with E-state index in [0.717, 1.165) is 0 Å². The topological polar surface area (TPSA) is 98.7 Å². The second-order valence-corrected chi connectivity index (χ2v) is 4.96. The molecule has 0 unspecified atom stereocenters. The Hall–Kier alpha value is -0.210. The fourth-order valence-corrected chi connectivity index (χ4v) is 1.10. The fourth-order valence-electron chi connectivity index (χ4n) is 1.10. The van der Waals surface area contributed by atoms with Crippen molar-refractivity contribution in [1.82, 2.24) is 10.6 Å². The van der Waals surface area contributed by atoms with E-state index in [-0.39, 0.29) is 0 Å². The maximum Gasteiger partial charge on any atom is 0.394 e. The van der Waals surface area contributed by atoms with Gasteiger partial charge in [0.2, 0.25) is 0 Å². The third-order valence-electron chi connectivity index (χ3n) is 2.06. The zero-order valence-corrected chi connectivity index (χ0v) is 13.6. The number of rotatable bonds is 8. The normalized spacial score (nSPS) is 10.0. The SMILES string of the molecule is CCCCCNC.CCCCCNC.O=S(=O)(O)O. The predicted octanol–water partition coefficient (Wildman–Crippen LogP) is 2.14. The first-order valence-electron chi connectivity index (χ1n) is 6.82. The average molecular weight is 300 g/mol. The van der Waals surface area contributed by atoms with Crippen molar-refractivity contribution >= 4 is 10.4 Å². The summed E-state index contributed by atoms with van der Waals surface area (Å²) in [5.41, 5.74) is 0. The van der Waals surface area contributed by atoms with Gasteiger partial charge in [0.1, 0.15) is 0 Å². The van der Waals surface area contributed by atoms with Crippen molar-refractivity contribution in [3.63, 3.8) is 0 Å². The van der Waals surface area contributed by atoms with Crippen LogP contribution in [0.25, 0.3) is 0 Å². The van der Waals surface area contributed by atoms with Crippen LogP contribution < -0.4 is 10.6 Å². The number of hydrogen-bond acceptors (Lipinski definition) is 4. The first-order chi connectivity index (χ1) is 8.83. The summed E-state index contributed by atoms with van der Waals surface area (Å²) >= 11 is 0. The molecule has 6 nitrogen and oxygen atoms in total. The van der Waals surface area contributed by atoms with Crippen LogP contribution in [0.15, 0.2) is 0 Å². The van der Waals surface area contributed by atoms with Crippen LogP contribution in [0.3, 0.4) is 0 Å². The molecular formula is C12H32N2O4S. The molecule has 4 N–H and O–H groups in total. The maximum absolute atomic E-state index is 8.74. The second kappa shape index (κ2) is 20.1. The first-order valence-corrected chi connectivity index (χ1v) is 8.22. The van der Waals surface area contributed by atoms with Crippen molar-refractivity contribution in [3.8, 4) is 0 Å². The molecule has 0 spiro atoms. The van der Waals surface area contributed by atoms with E-state index in [1.54, 1.807) is 0 Å². The molecule has 0 saturated heterocycles. The van der Waals surface area contributed by atoms with Gasteiger partial charge in [0.05, 0.1) is 0 Å². The molecule has 0 atom stereocenters. The predicted molar refractivity (Wildman–Crippen MR) is 81.1 cm³/mol. The minimum atomic E-state index is -4.67. The van der Waals surface area contributed by atoms with E-state index >= 15 is 0 Å². The molecule has 0 radical (unpaired) electrons. The maximum atomic E-state index is 8.74. The highest BCUT2D eigenvalue weighted by atomic mass is 32.3. The van der Waals surface area contributed by atoms with Crippen LogP contribution in [-0.2, 0) is 10.4 Å². The van der Waals surface area contributed by atoms with E-state index in [4.69, 9.17) is 17.5 Å². The van der Waals surface area contributed by atoms with Gasteiger partial charge in [-0.25, -0.2) is 0 Å². The highest BCUT2D eigenvalue weighted by Gasteiger charge is 1.84. The van der Waals surface area contributed by atoms with Crippen molar-refractivity contribution in [3.05, 3.63) is 0 Å². The van der Waals surface area contributed by atoms with Gasteiger partial charge in [-0.05, 0) is 40.0 Å². The summed E-state index contributed by atoms with van der Waals surface area (Å²) in [6.07, 6.45) is 8.02. The van der Waals surface area contributed by atoms with Gasteiger partial charge in [0.25, 0.3) is 0 Å². The first kappa shape index (κ1) is 23.9. The molecule has 0 aliphatic heterocycles. The summed E-state index contributed by atoms with van der Waals surface area (Å²) < 4.78 is 31.6. The zero-order chi connectivity index (χ0) is 15.6. The molecular weight excluding hydrogens is 268 g/mol. The fraction of sp³-hybridized carbons (Fsp3) is 1.00. The van der Waals surface area contributed by atoms with E-state index < -0.39 is 10.4 Å². The van der Waals surface area contributed by atoms with Gasteiger partial charge < -0.3 is 10.6 Å². The van der Waals surface area contributed by atoms with Crippen LogP contribution in [0.2, 0.25) is 0 Å². The van der Waals surface area contributed by atoms with E-state index in [9.17, 15) is 0 Å². The molecule has 0 aromatic heterocycles. The molecule has 0 aromatic rings. The lowest BCUT2D eigenvalue weighted by Crippen LogP contribution is -2.06. The summed E-state index contributed by atoms with van der Waals surface area (Å²) in [7, 11) is -0.675. The number of nitrogens with one attached hydrogen (secondary N) is 2. The van der Waals surface area contributed by atoms with E-state index in [0.29, 0.717) is 0 Å². The molecule has 0 fully saturated rings. The Morgan fingerprint density at radius 3 is 1.21 bits per heavy atom. The van der Waals surface area contributed by atoms with Gasteiger partial charge >= 0.3 is 10.4 Å².